The van der Waals surface area contributed by atoms with E-state index >= 15 is 0 Å². The molecule has 1 aromatic rings. The second-order valence-corrected chi connectivity index (χ2v) is 6.02. The Morgan fingerprint density at radius 1 is 1.53 bits per heavy atom. The van der Waals surface area contributed by atoms with Crippen molar-refractivity contribution in [3.05, 3.63) is 34.1 Å². The largest absolute Gasteiger partial charge is 0.376 e. The molecule has 1 heterocycles. The van der Waals surface area contributed by atoms with Crippen LogP contribution in [0.2, 0.25) is 0 Å². The summed E-state index contributed by atoms with van der Waals surface area (Å²) in [5.74, 6) is -0.204. The van der Waals surface area contributed by atoms with Crippen LogP contribution in [0, 0.1) is 5.82 Å². The van der Waals surface area contributed by atoms with E-state index in [-0.39, 0.29) is 24.0 Å². The predicted octanol–water partition coefficient (Wildman–Crippen LogP) is 2.70. The fourth-order valence-electron chi connectivity index (χ4n) is 2.57. The summed E-state index contributed by atoms with van der Waals surface area (Å²) >= 11 is 3.39. The van der Waals surface area contributed by atoms with Crippen LogP contribution >= 0.6 is 15.9 Å². The minimum Gasteiger partial charge on any atom is -0.376 e. The molecule has 0 saturated carbocycles. The highest BCUT2D eigenvalue weighted by Crippen LogP contribution is 2.29. The van der Waals surface area contributed by atoms with Gasteiger partial charge in [0.15, 0.2) is 0 Å². The van der Waals surface area contributed by atoms with Crippen molar-refractivity contribution in [1.29, 1.82) is 0 Å². The van der Waals surface area contributed by atoms with Gasteiger partial charge in [0.25, 0.3) is 0 Å². The van der Waals surface area contributed by atoms with Gasteiger partial charge < -0.3 is 10.5 Å². The van der Waals surface area contributed by atoms with Crippen molar-refractivity contribution in [2.45, 2.75) is 32.0 Å². The molecule has 0 spiro atoms. The van der Waals surface area contributed by atoms with E-state index in [0.29, 0.717) is 18.7 Å². The van der Waals surface area contributed by atoms with E-state index in [1.165, 1.54) is 6.07 Å². The van der Waals surface area contributed by atoms with Gasteiger partial charge in [0, 0.05) is 29.2 Å². The molecular formula is C14H20BrFN2O. The third-order valence-corrected chi connectivity index (χ3v) is 4.09. The molecule has 2 N–H and O–H groups in total. The number of nitrogens with zero attached hydrogens (tertiary/aromatic N) is 1. The molecular weight excluding hydrogens is 311 g/mol. The second-order valence-electron chi connectivity index (χ2n) is 5.11. The molecule has 5 heteroatoms. The SMILES string of the molecule is CC1CN(C(CN)c2cc(Br)ccc2F)C(C)CO1. The van der Waals surface area contributed by atoms with E-state index in [4.69, 9.17) is 10.5 Å². The quantitative estimate of drug-likeness (QED) is 0.926. The Bertz CT molecular complexity index is 443. The van der Waals surface area contributed by atoms with Crippen LogP contribution in [0.3, 0.4) is 0 Å². The van der Waals surface area contributed by atoms with E-state index in [1.54, 1.807) is 6.07 Å². The molecule has 2 rings (SSSR count). The zero-order valence-electron chi connectivity index (χ0n) is 11.3. The van der Waals surface area contributed by atoms with Crippen molar-refractivity contribution in [2.24, 2.45) is 5.73 Å². The monoisotopic (exact) mass is 330 g/mol. The fraction of sp³-hybridized carbons (Fsp3) is 0.571. The lowest BCUT2D eigenvalue weighted by molar-refractivity contribution is -0.0658. The highest BCUT2D eigenvalue weighted by Gasteiger charge is 2.31. The third-order valence-electron chi connectivity index (χ3n) is 3.60. The number of morpholine rings is 1. The van der Waals surface area contributed by atoms with Crippen LogP contribution in [-0.2, 0) is 4.74 Å². The third kappa shape index (κ3) is 3.34. The number of halogens is 2. The van der Waals surface area contributed by atoms with Gasteiger partial charge in [-0.3, -0.25) is 4.90 Å². The van der Waals surface area contributed by atoms with E-state index in [2.05, 4.69) is 27.8 Å². The Morgan fingerprint density at radius 2 is 2.26 bits per heavy atom. The van der Waals surface area contributed by atoms with E-state index in [1.807, 2.05) is 13.0 Å². The summed E-state index contributed by atoms with van der Waals surface area (Å²) in [5, 5.41) is 0. The molecule has 3 nitrogen and oxygen atoms in total. The average Bonchev–Trinajstić information content (AvgIpc) is 2.38. The molecule has 1 aliphatic heterocycles. The molecule has 1 aliphatic rings. The molecule has 3 atom stereocenters. The molecule has 0 radical (unpaired) electrons. The molecule has 0 amide bonds. The lowest BCUT2D eigenvalue weighted by Gasteiger charge is -2.41. The maximum atomic E-state index is 14.1. The van der Waals surface area contributed by atoms with Gasteiger partial charge >= 0.3 is 0 Å². The average molecular weight is 331 g/mol. The maximum Gasteiger partial charge on any atom is 0.128 e. The van der Waals surface area contributed by atoms with Crippen molar-refractivity contribution in [1.82, 2.24) is 4.90 Å². The van der Waals surface area contributed by atoms with Gasteiger partial charge in [0.2, 0.25) is 0 Å². The Balaban J connectivity index is 2.30. The summed E-state index contributed by atoms with van der Waals surface area (Å²) in [6.45, 7) is 5.95. The summed E-state index contributed by atoms with van der Waals surface area (Å²) in [4.78, 5) is 2.24. The topological polar surface area (TPSA) is 38.5 Å². The Morgan fingerprint density at radius 3 is 2.95 bits per heavy atom. The Kier molecular flexibility index (Phi) is 4.95. The molecule has 1 fully saturated rings. The standard InChI is InChI=1S/C14H20BrFN2O/c1-9-8-19-10(2)7-18(9)14(6-17)12-5-11(15)3-4-13(12)16/h3-5,9-10,14H,6-8,17H2,1-2H3. The first-order chi connectivity index (χ1) is 9.02. The summed E-state index contributed by atoms with van der Waals surface area (Å²) in [6.07, 6.45) is 0.153. The van der Waals surface area contributed by atoms with Crippen LogP contribution in [-0.4, -0.2) is 36.7 Å². The molecule has 1 aromatic carbocycles. The van der Waals surface area contributed by atoms with Crippen molar-refractivity contribution in [3.8, 4) is 0 Å². The van der Waals surface area contributed by atoms with Gasteiger partial charge in [-0.25, -0.2) is 4.39 Å². The summed E-state index contributed by atoms with van der Waals surface area (Å²) < 4.78 is 20.5. The summed E-state index contributed by atoms with van der Waals surface area (Å²) in [6, 6.07) is 5.13. The Labute approximate surface area is 122 Å². The van der Waals surface area contributed by atoms with E-state index in [9.17, 15) is 4.39 Å². The molecule has 19 heavy (non-hydrogen) atoms. The zero-order valence-corrected chi connectivity index (χ0v) is 12.9. The molecule has 3 unspecified atom stereocenters. The highest BCUT2D eigenvalue weighted by atomic mass is 79.9. The zero-order chi connectivity index (χ0) is 14.0. The van der Waals surface area contributed by atoms with Crippen LogP contribution < -0.4 is 5.73 Å². The van der Waals surface area contributed by atoms with Gasteiger partial charge in [-0.2, -0.15) is 0 Å². The van der Waals surface area contributed by atoms with Crippen LogP contribution in [0.1, 0.15) is 25.5 Å². The van der Waals surface area contributed by atoms with Crippen molar-refractivity contribution < 1.29 is 9.13 Å². The van der Waals surface area contributed by atoms with Gasteiger partial charge in [-0.15, -0.1) is 0 Å². The van der Waals surface area contributed by atoms with Crippen LogP contribution in [0.15, 0.2) is 22.7 Å². The molecule has 0 bridgehead atoms. The van der Waals surface area contributed by atoms with Gasteiger partial charge in [-0.1, -0.05) is 15.9 Å². The molecule has 106 valence electrons. The highest BCUT2D eigenvalue weighted by molar-refractivity contribution is 9.10. The lowest BCUT2D eigenvalue weighted by atomic mass is 10.0. The van der Waals surface area contributed by atoms with Crippen molar-refractivity contribution >= 4 is 15.9 Å². The minimum absolute atomic E-state index is 0.112. The van der Waals surface area contributed by atoms with Gasteiger partial charge in [0.05, 0.1) is 18.8 Å². The first kappa shape index (κ1) is 14.9. The number of benzene rings is 1. The minimum atomic E-state index is -0.204. The lowest BCUT2D eigenvalue weighted by Crippen LogP contribution is -2.50. The van der Waals surface area contributed by atoms with Gasteiger partial charge in [0.1, 0.15) is 5.82 Å². The number of hydrogen-bond acceptors (Lipinski definition) is 3. The first-order valence-electron chi connectivity index (χ1n) is 6.55. The van der Waals surface area contributed by atoms with Crippen LogP contribution in [0.4, 0.5) is 4.39 Å². The summed E-state index contributed by atoms with van der Waals surface area (Å²) in [5.41, 5.74) is 6.55. The Hall–Kier alpha value is -0.490. The second kappa shape index (κ2) is 6.31. The van der Waals surface area contributed by atoms with E-state index < -0.39 is 0 Å². The van der Waals surface area contributed by atoms with Crippen LogP contribution in [0.25, 0.3) is 0 Å². The number of nitrogens with two attached hydrogens (primary N) is 1. The van der Waals surface area contributed by atoms with Gasteiger partial charge in [-0.05, 0) is 32.0 Å². The summed E-state index contributed by atoms with van der Waals surface area (Å²) in [7, 11) is 0. The normalized spacial score (nSPS) is 26.4. The van der Waals surface area contributed by atoms with Crippen LogP contribution in [0.5, 0.6) is 0 Å². The molecule has 1 saturated heterocycles. The van der Waals surface area contributed by atoms with E-state index in [0.717, 1.165) is 11.0 Å². The molecule has 0 aromatic heterocycles. The predicted molar refractivity (Wildman–Crippen MR) is 77.5 cm³/mol. The fourth-order valence-corrected chi connectivity index (χ4v) is 2.95. The maximum absolute atomic E-state index is 14.1. The number of rotatable bonds is 3. The molecule has 0 aliphatic carbocycles. The number of hydrogen-bond donors (Lipinski definition) is 1. The van der Waals surface area contributed by atoms with Crippen molar-refractivity contribution in [3.63, 3.8) is 0 Å². The smallest absolute Gasteiger partial charge is 0.128 e. The first-order valence-corrected chi connectivity index (χ1v) is 7.34. The number of ether oxygens (including phenoxy) is 1. The van der Waals surface area contributed by atoms with Crippen molar-refractivity contribution in [2.75, 3.05) is 19.7 Å².